The molecule has 0 aliphatic carbocycles. The number of nitro benzene ring substituents is 2. The zero-order valence-electron chi connectivity index (χ0n) is 51.7. The zero-order chi connectivity index (χ0) is 70.3. The van der Waals surface area contributed by atoms with E-state index in [1.807, 2.05) is 0 Å². The Morgan fingerprint density at radius 2 is 1.10 bits per heavy atom. The molecule has 0 saturated carbocycles. The van der Waals surface area contributed by atoms with Crippen molar-refractivity contribution in [3.8, 4) is 0 Å². The Morgan fingerprint density at radius 1 is 0.670 bits per heavy atom. The van der Waals surface area contributed by atoms with Gasteiger partial charge in [0, 0.05) is 25.2 Å². The fourth-order valence-electron chi connectivity index (χ4n) is 7.22. The van der Waals surface area contributed by atoms with E-state index in [1.54, 1.807) is 55.4 Å². The van der Waals surface area contributed by atoms with Crippen molar-refractivity contribution in [3.63, 3.8) is 0 Å². The molecule has 4 rings (SSSR count). The Hall–Kier alpha value is -6.76. The molecule has 2 saturated heterocycles. The minimum absolute atomic E-state index is 0.240. The van der Waals surface area contributed by atoms with E-state index in [1.165, 1.54) is 67.2 Å². The monoisotopic (exact) mass is 1400 g/mol. The Morgan fingerprint density at radius 3 is 1.48 bits per heavy atom. The molecule has 4 amide bonds. The molecule has 0 aromatic heterocycles. The number of hydrogen-bond donors (Lipinski definition) is 6. The number of carboxylic acids is 1. The number of aliphatic hydroxyl groups excluding tert-OH is 1. The van der Waals surface area contributed by atoms with Crippen molar-refractivity contribution in [2.24, 2.45) is 22.7 Å². The van der Waals surface area contributed by atoms with Crippen LogP contribution in [0, 0.1) is 49.8 Å². The number of benzene rings is 2. The van der Waals surface area contributed by atoms with Crippen molar-refractivity contribution in [1.29, 1.82) is 0 Å². The summed E-state index contributed by atoms with van der Waals surface area (Å²) in [6, 6.07) is 5.46. The van der Waals surface area contributed by atoms with E-state index in [2.05, 4.69) is 39.4 Å². The van der Waals surface area contributed by atoms with Gasteiger partial charge in [0.1, 0.15) is 54.6 Å². The van der Waals surface area contributed by atoms with Crippen LogP contribution >= 0.6 is 69.6 Å². The number of alkyl halides is 6. The molecule has 91 heavy (non-hydrogen) atoms. The highest BCUT2D eigenvalue weighted by Gasteiger charge is 2.38. The van der Waals surface area contributed by atoms with Gasteiger partial charge in [-0.3, -0.25) is 68.6 Å². The van der Waals surface area contributed by atoms with Gasteiger partial charge in [0.15, 0.2) is 6.10 Å². The summed E-state index contributed by atoms with van der Waals surface area (Å²) >= 11 is 33.4. The van der Waals surface area contributed by atoms with Gasteiger partial charge >= 0.3 is 35.8 Å². The lowest BCUT2D eigenvalue weighted by molar-refractivity contribution is -0.385. The minimum Gasteiger partial charge on any atom is -0.481 e. The maximum atomic E-state index is 12.9. The minimum atomic E-state index is -1.74. The van der Waals surface area contributed by atoms with E-state index in [0.29, 0.717) is 38.8 Å². The topological polar surface area (TPSA) is 389 Å². The molecule has 0 bridgehead atoms. The van der Waals surface area contributed by atoms with Gasteiger partial charge in [0.25, 0.3) is 29.1 Å². The van der Waals surface area contributed by atoms with Crippen LogP contribution in [0.4, 0.5) is 11.4 Å². The van der Waals surface area contributed by atoms with Crippen molar-refractivity contribution >= 4 is 140 Å². The molecule has 2 aromatic carbocycles. The molecule has 2 fully saturated rings. The molecule has 2 heterocycles. The molecule has 0 unspecified atom stereocenters. The molecular formula is C57H76Cl6N8O20. The van der Waals surface area contributed by atoms with Crippen LogP contribution in [0.25, 0.3) is 0 Å². The van der Waals surface area contributed by atoms with Gasteiger partial charge in [-0.25, -0.2) is 20.4 Å². The number of nitrogens with zero attached hydrogens (tertiary/aromatic N) is 4. The Kier molecular flexibility index (Phi) is 33.5. The molecule has 6 atom stereocenters. The smallest absolute Gasteiger partial charge is 0.353 e. The number of esters is 5. The summed E-state index contributed by atoms with van der Waals surface area (Å²) < 4.78 is 16.4. The third kappa shape index (κ3) is 27.9. The fourth-order valence-corrected chi connectivity index (χ4v) is 7.55. The van der Waals surface area contributed by atoms with E-state index in [-0.39, 0.29) is 23.0 Å². The van der Waals surface area contributed by atoms with Crippen molar-refractivity contribution < 1.29 is 87.0 Å². The third-order valence-electron chi connectivity index (χ3n) is 12.9. The van der Waals surface area contributed by atoms with Crippen molar-refractivity contribution in [3.05, 3.63) is 105 Å². The number of carboxylic acid groups (broad SMARTS) is 1. The first-order chi connectivity index (χ1) is 41.8. The molecule has 0 radical (unpaired) electrons. The van der Waals surface area contributed by atoms with Crippen LogP contribution in [0.5, 0.6) is 0 Å². The standard InChI is InChI=1S/C21H32Cl3N3O6.C15H24Cl3N3O5.C15H10N2O7.C6H10O2/c1-7-20(5,6)19(31)33-15(12(2)3)16(28)25-13(4)17(29)27-10-8-9-14(26-27)18(30)32-11-21(22,23)24;1-8(2)11(22)12(23)19-9(3)13(24)21-6-4-5-10(20-21)14(25)26-7-15(16,17)18;1-9-5-4-8-12(17(22)23)13(9)15(19)24-14(18)10-6-2-3-7-11(10)16(20)21;1-4-6(2,3)5(7)8/h7,12-15,26H,1,8-11H2,2-6H3,(H,25,28);8-11,20,22H,4-7H2,1-3H3,(H,19,23);2-8H,1H3;4H,1H2,2-3H3,(H,7,8)/t13-,14-,15-;9-,10-,11-;;/m00../s1. The predicted octanol–water partition coefficient (Wildman–Crippen LogP) is 7.69. The van der Waals surface area contributed by atoms with Crippen LogP contribution < -0.4 is 21.5 Å². The number of hydrazine groups is 2. The summed E-state index contributed by atoms with van der Waals surface area (Å²) in [5.74, 6) is -7.99. The average Bonchev–Trinajstić information content (AvgIpc) is 1.39. The number of halogens is 6. The highest BCUT2D eigenvalue weighted by atomic mass is 35.6. The second-order valence-corrected chi connectivity index (χ2v) is 27.2. The first-order valence-corrected chi connectivity index (χ1v) is 30.0. The highest BCUT2D eigenvalue weighted by molar-refractivity contribution is 6.68. The quantitative estimate of drug-likeness (QED) is 0.0133. The number of para-hydroxylation sites is 1. The largest absolute Gasteiger partial charge is 0.481 e. The fraction of sp³-hybridized carbons (Fsp3) is 0.544. The number of aryl methyl sites for hydroxylation is 1. The van der Waals surface area contributed by atoms with Crippen LogP contribution in [0.1, 0.15) is 121 Å². The first-order valence-electron chi connectivity index (χ1n) is 27.7. The van der Waals surface area contributed by atoms with Crippen molar-refractivity contribution in [2.75, 3.05) is 26.3 Å². The Labute approximate surface area is 555 Å². The lowest BCUT2D eigenvalue weighted by Gasteiger charge is -2.34. The van der Waals surface area contributed by atoms with Gasteiger partial charge in [-0.1, -0.05) is 134 Å². The van der Waals surface area contributed by atoms with Crippen LogP contribution in [0.15, 0.2) is 67.8 Å². The van der Waals surface area contributed by atoms with E-state index < -0.39 is 154 Å². The summed E-state index contributed by atoms with van der Waals surface area (Å²) in [7, 11) is 0. The molecular weight excluding hydrogens is 1330 g/mol. The number of carbonyl (C=O) groups is 10. The number of amides is 4. The molecule has 506 valence electrons. The van der Waals surface area contributed by atoms with Crippen LogP contribution in [-0.4, -0.2) is 160 Å². The molecule has 28 nitrogen and oxygen atoms in total. The van der Waals surface area contributed by atoms with Gasteiger partial charge in [-0.2, -0.15) is 0 Å². The van der Waals surface area contributed by atoms with Gasteiger partial charge in [-0.15, -0.1) is 13.2 Å². The lowest BCUT2D eigenvalue weighted by atomic mass is 9.94. The van der Waals surface area contributed by atoms with Gasteiger partial charge in [0.05, 0.1) is 20.7 Å². The van der Waals surface area contributed by atoms with Crippen molar-refractivity contribution in [1.82, 2.24) is 31.5 Å². The summed E-state index contributed by atoms with van der Waals surface area (Å²) in [5.41, 5.74) is 2.19. The molecule has 0 spiro atoms. The van der Waals surface area contributed by atoms with Crippen LogP contribution in [0.2, 0.25) is 0 Å². The Bertz CT molecular complexity index is 2970. The number of nitrogens with one attached hydrogen (secondary N) is 4. The maximum Gasteiger partial charge on any atom is 0.353 e. The second kappa shape index (κ2) is 37.1. The summed E-state index contributed by atoms with van der Waals surface area (Å²) in [5, 5.41) is 47.5. The average molecular weight is 1410 g/mol. The molecule has 2 aromatic rings. The lowest BCUT2D eigenvalue weighted by Crippen LogP contribution is -2.60. The molecule has 34 heteroatoms. The number of rotatable bonds is 21. The van der Waals surface area contributed by atoms with Crippen LogP contribution in [0.3, 0.4) is 0 Å². The summed E-state index contributed by atoms with van der Waals surface area (Å²) in [6.07, 6.45) is 2.51. The van der Waals surface area contributed by atoms with E-state index in [9.17, 15) is 73.3 Å². The number of aliphatic hydroxyl groups is 1. The zero-order valence-corrected chi connectivity index (χ0v) is 56.2. The van der Waals surface area contributed by atoms with E-state index in [0.717, 1.165) is 18.2 Å². The third-order valence-corrected chi connectivity index (χ3v) is 13.6. The number of carbonyl (C=O) groups excluding carboxylic acids is 9. The van der Waals surface area contributed by atoms with Gasteiger partial charge in [-0.05, 0) is 97.6 Å². The SMILES string of the molecule is C=CC(C)(C)C(=O)O.C=CC(C)(C)C(=O)O[C@H](C(=O)N[C@@H](C)C(=O)N1CCC[C@@H](C(=O)OCC(Cl)(Cl)Cl)N1)C(C)C.CC(C)[C@H](O)C(=O)N[C@@H](C)C(=O)N1CCC[C@@H](C(=O)OCC(Cl)(Cl)Cl)N1.Cc1cccc([N+](=O)[O-])c1C(=O)OC(=O)c1ccccc1[N+](=O)[O-]. The summed E-state index contributed by atoms with van der Waals surface area (Å²) in [6.45, 7) is 24.6. The summed E-state index contributed by atoms with van der Waals surface area (Å²) in [4.78, 5) is 141. The molecule has 2 aliphatic rings. The van der Waals surface area contributed by atoms with Gasteiger partial charge in [0.2, 0.25) is 13.5 Å². The highest BCUT2D eigenvalue weighted by Crippen LogP contribution is 2.29. The number of hydrogen-bond acceptors (Lipinski definition) is 21. The van der Waals surface area contributed by atoms with Crippen molar-refractivity contribution in [2.45, 2.75) is 146 Å². The molecule has 2 aliphatic heterocycles. The molecule has 6 N–H and O–H groups in total. The number of ether oxygens (including phenoxy) is 4. The Balaban J connectivity index is 0.000000649. The first kappa shape index (κ1) is 82.3. The van der Waals surface area contributed by atoms with Crippen LogP contribution in [-0.2, 0) is 57.3 Å². The number of aliphatic carboxylic acids is 1. The van der Waals surface area contributed by atoms with E-state index >= 15 is 0 Å². The normalized spacial score (nSPS) is 16.3. The number of nitro groups is 2. The maximum absolute atomic E-state index is 12.9. The van der Waals surface area contributed by atoms with E-state index in [4.69, 9.17) is 88.9 Å². The predicted molar refractivity (Wildman–Crippen MR) is 335 cm³/mol. The second-order valence-electron chi connectivity index (χ2n) is 22.1. The van der Waals surface area contributed by atoms with Gasteiger partial charge < -0.3 is 39.8 Å².